The minimum absolute atomic E-state index is 0.00806. The van der Waals surface area contributed by atoms with E-state index in [1.807, 2.05) is 12.1 Å². The van der Waals surface area contributed by atoms with Crippen molar-refractivity contribution in [1.82, 2.24) is 0 Å². The molecule has 0 saturated heterocycles. The molecule has 1 atom stereocenters. The van der Waals surface area contributed by atoms with Crippen LogP contribution in [0.25, 0.3) is 0 Å². The molecule has 1 aromatic carbocycles. The van der Waals surface area contributed by atoms with Gasteiger partial charge in [-0.1, -0.05) is 26.3 Å². The van der Waals surface area contributed by atoms with Gasteiger partial charge >= 0.3 is 0 Å². The Bertz CT molecular complexity index is 373. The Morgan fingerprint density at radius 1 is 1.33 bits per heavy atom. The number of hydrogen-bond acceptors (Lipinski definition) is 3. The third-order valence-corrected chi connectivity index (χ3v) is 3.64. The average molecular weight is 250 g/mol. The van der Waals surface area contributed by atoms with Gasteiger partial charge < -0.3 is 15.8 Å². The first-order valence-electron chi connectivity index (χ1n) is 6.73. The van der Waals surface area contributed by atoms with Gasteiger partial charge in [0, 0.05) is 23.8 Å². The summed E-state index contributed by atoms with van der Waals surface area (Å²) in [7, 11) is 1.69. The Balaban J connectivity index is 2.99. The summed E-state index contributed by atoms with van der Waals surface area (Å²) in [6, 6.07) is 6.10. The van der Waals surface area contributed by atoms with E-state index in [0.29, 0.717) is 6.54 Å². The molecule has 0 aliphatic heterocycles. The van der Waals surface area contributed by atoms with E-state index in [2.05, 4.69) is 32.2 Å². The standard InChI is InChI=1S/C15H26N2O/c1-5-9-15(6-2,11-16)17-14-10-13(18-4)8-7-12(14)3/h7-8,10,17H,5-6,9,11,16H2,1-4H3. The molecule has 0 saturated carbocycles. The molecule has 0 aliphatic rings. The monoisotopic (exact) mass is 250 g/mol. The largest absolute Gasteiger partial charge is 0.497 e. The van der Waals surface area contributed by atoms with E-state index in [4.69, 9.17) is 10.5 Å². The third kappa shape index (κ3) is 3.39. The van der Waals surface area contributed by atoms with Crippen LogP contribution in [0.3, 0.4) is 0 Å². The van der Waals surface area contributed by atoms with Crippen molar-refractivity contribution in [2.24, 2.45) is 5.73 Å². The second-order valence-corrected chi connectivity index (χ2v) is 4.89. The fourth-order valence-corrected chi connectivity index (χ4v) is 2.25. The quantitative estimate of drug-likeness (QED) is 0.780. The minimum atomic E-state index is -0.00806. The van der Waals surface area contributed by atoms with Gasteiger partial charge in [-0.25, -0.2) is 0 Å². The lowest BCUT2D eigenvalue weighted by Crippen LogP contribution is -2.45. The van der Waals surface area contributed by atoms with Crippen molar-refractivity contribution in [1.29, 1.82) is 0 Å². The highest BCUT2D eigenvalue weighted by molar-refractivity contribution is 5.56. The molecule has 0 aliphatic carbocycles. The molecule has 0 spiro atoms. The van der Waals surface area contributed by atoms with Crippen molar-refractivity contribution >= 4 is 5.69 Å². The van der Waals surface area contributed by atoms with Crippen molar-refractivity contribution in [3.63, 3.8) is 0 Å². The van der Waals surface area contributed by atoms with Crippen LogP contribution < -0.4 is 15.8 Å². The maximum absolute atomic E-state index is 5.98. The molecule has 0 fully saturated rings. The van der Waals surface area contributed by atoms with E-state index in [1.165, 1.54) is 5.56 Å². The Morgan fingerprint density at radius 2 is 2.06 bits per heavy atom. The first-order valence-corrected chi connectivity index (χ1v) is 6.73. The van der Waals surface area contributed by atoms with Crippen LogP contribution >= 0.6 is 0 Å². The summed E-state index contributed by atoms with van der Waals surface area (Å²) in [5.74, 6) is 0.877. The number of nitrogens with two attached hydrogens (primary N) is 1. The van der Waals surface area contributed by atoms with Crippen molar-refractivity contribution in [3.8, 4) is 5.75 Å². The summed E-state index contributed by atoms with van der Waals surface area (Å²) in [5.41, 5.74) is 8.31. The number of nitrogens with one attached hydrogen (secondary N) is 1. The topological polar surface area (TPSA) is 47.3 Å². The van der Waals surface area contributed by atoms with Gasteiger partial charge in [-0.15, -0.1) is 0 Å². The van der Waals surface area contributed by atoms with Crippen LogP contribution in [0.1, 0.15) is 38.7 Å². The van der Waals surface area contributed by atoms with E-state index in [-0.39, 0.29) is 5.54 Å². The normalized spacial score (nSPS) is 14.1. The Kier molecular flexibility index (Phi) is 5.48. The van der Waals surface area contributed by atoms with Gasteiger partial charge in [0.15, 0.2) is 0 Å². The summed E-state index contributed by atoms with van der Waals surface area (Å²) in [4.78, 5) is 0. The summed E-state index contributed by atoms with van der Waals surface area (Å²) in [5, 5.41) is 3.63. The summed E-state index contributed by atoms with van der Waals surface area (Å²) in [6.45, 7) is 7.13. The number of aryl methyl sites for hydroxylation is 1. The average Bonchev–Trinajstić information content (AvgIpc) is 2.40. The van der Waals surface area contributed by atoms with E-state index in [0.717, 1.165) is 30.7 Å². The number of ether oxygens (including phenoxy) is 1. The predicted molar refractivity (Wildman–Crippen MR) is 78.3 cm³/mol. The second kappa shape index (κ2) is 6.64. The molecule has 0 bridgehead atoms. The van der Waals surface area contributed by atoms with Gasteiger partial charge in [-0.05, 0) is 31.4 Å². The maximum Gasteiger partial charge on any atom is 0.120 e. The van der Waals surface area contributed by atoms with Crippen LogP contribution in [0.5, 0.6) is 5.75 Å². The van der Waals surface area contributed by atoms with E-state index in [1.54, 1.807) is 7.11 Å². The van der Waals surface area contributed by atoms with Crippen LogP contribution in [-0.2, 0) is 0 Å². The molecule has 18 heavy (non-hydrogen) atoms. The second-order valence-electron chi connectivity index (χ2n) is 4.89. The molecular formula is C15H26N2O. The molecule has 0 heterocycles. The molecule has 0 radical (unpaired) electrons. The van der Waals surface area contributed by atoms with Crippen LogP contribution in [-0.4, -0.2) is 19.2 Å². The molecule has 3 heteroatoms. The number of anilines is 1. The molecule has 3 N–H and O–H groups in total. The van der Waals surface area contributed by atoms with E-state index in [9.17, 15) is 0 Å². The SMILES string of the molecule is CCCC(CC)(CN)Nc1cc(OC)ccc1C. The fourth-order valence-electron chi connectivity index (χ4n) is 2.25. The lowest BCUT2D eigenvalue weighted by molar-refractivity contribution is 0.411. The summed E-state index contributed by atoms with van der Waals surface area (Å²) >= 11 is 0. The molecule has 1 rings (SSSR count). The number of benzene rings is 1. The van der Waals surface area contributed by atoms with Crippen LogP contribution in [0, 0.1) is 6.92 Å². The summed E-state index contributed by atoms with van der Waals surface area (Å²) in [6.07, 6.45) is 3.23. The molecule has 0 amide bonds. The van der Waals surface area contributed by atoms with Crippen molar-refractivity contribution < 1.29 is 4.74 Å². The first-order chi connectivity index (χ1) is 8.60. The number of hydrogen-bond donors (Lipinski definition) is 2. The predicted octanol–water partition coefficient (Wildman–Crippen LogP) is 3.32. The lowest BCUT2D eigenvalue weighted by atomic mass is 9.90. The van der Waals surface area contributed by atoms with E-state index < -0.39 is 0 Å². The minimum Gasteiger partial charge on any atom is -0.497 e. The maximum atomic E-state index is 5.98. The number of methoxy groups -OCH3 is 1. The molecule has 102 valence electrons. The van der Waals surface area contributed by atoms with Gasteiger partial charge in [0.2, 0.25) is 0 Å². The lowest BCUT2D eigenvalue weighted by Gasteiger charge is -2.34. The van der Waals surface area contributed by atoms with Gasteiger partial charge in [0.25, 0.3) is 0 Å². The number of rotatable bonds is 7. The molecule has 1 aromatic rings. The van der Waals surface area contributed by atoms with Crippen molar-refractivity contribution in [3.05, 3.63) is 23.8 Å². The Hall–Kier alpha value is -1.22. The highest BCUT2D eigenvalue weighted by Gasteiger charge is 2.25. The van der Waals surface area contributed by atoms with Gasteiger partial charge in [0.05, 0.1) is 7.11 Å². The van der Waals surface area contributed by atoms with E-state index >= 15 is 0 Å². The zero-order chi connectivity index (χ0) is 13.6. The Labute approximate surface area is 111 Å². The van der Waals surface area contributed by atoms with Crippen molar-refractivity contribution in [2.45, 2.75) is 45.6 Å². The van der Waals surface area contributed by atoms with Gasteiger partial charge in [-0.3, -0.25) is 0 Å². The van der Waals surface area contributed by atoms with Gasteiger partial charge in [-0.2, -0.15) is 0 Å². The molecular weight excluding hydrogens is 224 g/mol. The molecule has 1 unspecified atom stereocenters. The fraction of sp³-hybridized carbons (Fsp3) is 0.600. The third-order valence-electron chi connectivity index (χ3n) is 3.64. The highest BCUT2D eigenvalue weighted by Crippen LogP contribution is 2.28. The zero-order valence-electron chi connectivity index (χ0n) is 12.0. The van der Waals surface area contributed by atoms with Gasteiger partial charge in [0.1, 0.15) is 5.75 Å². The highest BCUT2D eigenvalue weighted by atomic mass is 16.5. The van der Waals surface area contributed by atoms with Crippen LogP contribution in [0.2, 0.25) is 0 Å². The molecule has 0 aromatic heterocycles. The smallest absolute Gasteiger partial charge is 0.120 e. The summed E-state index contributed by atoms with van der Waals surface area (Å²) < 4.78 is 5.28. The van der Waals surface area contributed by atoms with Crippen LogP contribution in [0.15, 0.2) is 18.2 Å². The zero-order valence-corrected chi connectivity index (χ0v) is 12.0. The Morgan fingerprint density at radius 3 is 2.56 bits per heavy atom. The first kappa shape index (κ1) is 14.8. The van der Waals surface area contributed by atoms with Crippen LogP contribution in [0.4, 0.5) is 5.69 Å². The molecule has 3 nitrogen and oxygen atoms in total. The van der Waals surface area contributed by atoms with Crippen molar-refractivity contribution in [2.75, 3.05) is 19.0 Å².